The van der Waals surface area contributed by atoms with E-state index in [1.165, 1.54) is 13.2 Å². The molecule has 0 aromatic heterocycles. The van der Waals surface area contributed by atoms with Gasteiger partial charge in [0.15, 0.2) is 11.6 Å². The SMILES string of the molecule is CONCc1c(Cl)ccc(F)c1O. The summed E-state index contributed by atoms with van der Waals surface area (Å²) >= 11 is 5.72. The largest absolute Gasteiger partial charge is 0.505 e. The van der Waals surface area contributed by atoms with Crippen molar-refractivity contribution in [3.8, 4) is 5.75 Å². The van der Waals surface area contributed by atoms with Crippen molar-refractivity contribution < 1.29 is 14.3 Å². The smallest absolute Gasteiger partial charge is 0.165 e. The van der Waals surface area contributed by atoms with Crippen LogP contribution >= 0.6 is 11.6 Å². The van der Waals surface area contributed by atoms with Crippen molar-refractivity contribution in [2.45, 2.75) is 6.54 Å². The van der Waals surface area contributed by atoms with E-state index in [4.69, 9.17) is 11.6 Å². The van der Waals surface area contributed by atoms with E-state index >= 15 is 0 Å². The fraction of sp³-hybridized carbons (Fsp3) is 0.250. The van der Waals surface area contributed by atoms with Crippen LogP contribution < -0.4 is 5.48 Å². The molecule has 0 bridgehead atoms. The average Bonchev–Trinajstić information content (AvgIpc) is 2.12. The van der Waals surface area contributed by atoms with Gasteiger partial charge in [-0.05, 0) is 12.1 Å². The van der Waals surface area contributed by atoms with Gasteiger partial charge in [0.05, 0.1) is 13.7 Å². The summed E-state index contributed by atoms with van der Waals surface area (Å²) in [7, 11) is 1.42. The number of halogens is 2. The number of nitrogens with one attached hydrogen (secondary N) is 1. The molecule has 2 N–H and O–H groups in total. The molecule has 0 atom stereocenters. The predicted molar refractivity (Wildman–Crippen MR) is 46.9 cm³/mol. The number of phenols is 1. The maximum Gasteiger partial charge on any atom is 0.165 e. The van der Waals surface area contributed by atoms with Gasteiger partial charge in [-0.15, -0.1) is 0 Å². The second-order valence-corrected chi connectivity index (χ2v) is 2.79. The van der Waals surface area contributed by atoms with Gasteiger partial charge >= 0.3 is 0 Å². The standard InChI is InChI=1S/C8H9ClFNO2/c1-13-11-4-5-6(9)2-3-7(10)8(5)12/h2-3,11-12H,4H2,1H3. The van der Waals surface area contributed by atoms with Gasteiger partial charge in [0.25, 0.3) is 0 Å². The summed E-state index contributed by atoms with van der Waals surface area (Å²) in [5, 5.41) is 9.54. The fourth-order valence-electron chi connectivity index (χ4n) is 0.896. The molecule has 13 heavy (non-hydrogen) atoms. The van der Waals surface area contributed by atoms with Gasteiger partial charge in [0, 0.05) is 10.6 Å². The molecule has 0 aliphatic heterocycles. The lowest BCUT2D eigenvalue weighted by Gasteiger charge is -2.07. The predicted octanol–water partition coefficient (Wildman–Crippen LogP) is 1.84. The first kappa shape index (κ1) is 10.2. The molecule has 0 aliphatic rings. The molecule has 1 aromatic rings. The third-order valence-corrected chi connectivity index (χ3v) is 1.92. The molecule has 0 unspecified atom stereocenters. The first-order chi connectivity index (χ1) is 6.16. The maximum atomic E-state index is 12.8. The van der Waals surface area contributed by atoms with Crippen molar-refractivity contribution >= 4 is 11.6 Å². The van der Waals surface area contributed by atoms with E-state index in [0.29, 0.717) is 5.02 Å². The molecule has 72 valence electrons. The van der Waals surface area contributed by atoms with Gasteiger partial charge in [-0.3, -0.25) is 0 Å². The van der Waals surface area contributed by atoms with Crippen LogP contribution in [-0.4, -0.2) is 12.2 Å². The van der Waals surface area contributed by atoms with Gasteiger partial charge in [0.2, 0.25) is 0 Å². The molecule has 0 radical (unpaired) electrons. The summed E-state index contributed by atoms with van der Waals surface area (Å²) in [6.07, 6.45) is 0. The molecule has 0 amide bonds. The van der Waals surface area contributed by atoms with E-state index in [9.17, 15) is 9.50 Å². The monoisotopic (exact) mass is 205 g/mol. The van der Waals surface area contributed by atoms with E-state index in [0.717, 1.165) is 6.07 Å². The number of hydrogen-bond donors (Lipinski definition) is 2. The summed E-state index contributed by atoms with van der Waals surface area (Å²) in [4.78, 5) is 4.55. The van der Waals surface area contributed by atoms with Crippen LogP contribution in [0.1, 0.15) is 5.56 Å². The third kappa shape index (κ3) is 2.30. The first-order valence-electron chi connectivity index (χ1n) is 3.58. The van der Waals surface area contributed by atoms with Crippen LogP contribution in [-0.2, 0) is 11.4 Å². The molecule has 5 heteroatoms. The van der Waals surface area contributed by atoms with Gasteiger partial charge in [-0.25, -0.2) is 4.39 Å². The molecule has 1 aromatic carbocycles. The Morgan fingerprint density at radius 2 is 2.31 bits per heavy atom. The quantitative estimate of drug-likeness (QED) is 0.740. The van der Waals surface area contributed by atoms with Crippen molar-refractivity contribution in [1.82, 2.24) is 5.48 Å². The van der Waals surface area contributed by atoms with Gasteiger partial charge in [-0.1, -0.05) is 11.6 Å². The van der Waals surface area contributed by atoms with Crippen LogP contribution in [0.4, 0.5) is 4.39 Å². The second-order valence-electron chi connectivity index (χ2n) is 2.38. The minimum atomic E-state index is -0.697. The Labute approximate surface area is 80.0 Å². The molecule has 0 aliphatic carbocycles. The normalized spacial score (nSPS) is 10.4. The number of hydroxylamine groups is 1. The number of benzene rings is 1. The van der Waals surface area contributed by atoms with Crippen LogP contribution in [0.3, 0.4) is 0 Å². The molecule has 0 saturated carbocycles. The maximum absolute atomic E-state index is 12.8. The highest BCUT2D eigenvalue weighted by Crippen LogP contribution is 2.27. The fourth-order valence-corrected chi connectivity index (χ4v) is 1.11. The molecule has 0 saturated heterocycles. The lowest BCUT2D eigenvalue weighted by atomic mass is 10.2. The number of aromatic hydroxyl groups is 1. The van der Waals surface area contributed by atoms with Crippen LogP contribution in [0.25, 0.3) is 0 Å². The highest BCUT2D eigenvalue weighted by molar-refractivity contribution is 6.31. The Kier molecular flexibility index (Phi) is 3.48. The zero-order valence-electron chi connectivity index (χ0n) is 6.97. The summed E-state index contributed by atoms with van der Waals surface area (Å²) in [6, 6.07) is 2.48. The molecule has 0 heterocycles. The van der Waals surface area contributed by atoms with E-state index in [-0.39, 0.29) is 12.1 Å². The van der Waals surface area contributed by atoms with Gasteiger partial charge in [-0.2, -0.15) is 5.48 Å². The summed E-state index contributed by atoms with van der Waals surface area (Å²) < 4.78 is 12.8. The summed E-state index contributed by atoms with van der Waals surface area (Å²) in [5.74, 6) is -1.14. The van der Waals surface area contributed by atoms with E-state index in [1.807, 2.05) is 0 Å². The van der Waals surface area contributed by atoms with Crippen LogP contribution in [0, 0.1) is 5.82 Å². The summed E-state index contributed by atoms with van der Waals surface area (Å²) in [5.41, 5.74) is 2.74. The Hall–Kier alpha value is -0.840. The lowest BCUT2D eigenvalue weighted by Crippen LogP contribution is -2.11. The van der Waals surface area contributed by atoms with Crippen molar-refractivity contribution in [2.24, 2.45) is 0 Å². The zero-order chi connectivity index (χ0) is 9.84. The Balaban J connectivity index is 2.96. The zero-order valence-corrected chi connectivity index (χ0v) is 7.73. The Morgan fingerprint density at radius 3 is 2.92 bits per heavy atom. The molecule has 0 fully saturated rings. The molecule has 0 spiro atoms. The number of phenolic OH excluding ortho intramolecular Hbond substituents is 1. The highest BCUT2D eigenvalue weighted by atomic mass is 35.5. The van der Waals surface area contributed by atoms with Gasteiger partial charge < -0.3 is 9.94 Å². The van der Waals surface area contributed by atoms with Crippen molar-refractivity contribution in [3.05, 3.63) is 28.5 Å². The minimum Gasteiger partial charge on any atom is -0.505 e. The van der Waals surface area contributed by atoms with Crippen molar-refractivity contribution in [2.75, 3.05) is 7.11 Å². The lowest BCUT2D eigenvalue weighted by molar-refractivity contribution is 0.0860. The molecule has 1 rings (SSSR count). The summed E-state index contributed by atoms with van der Waals surface area (Å²) in [6.45, 7) is 0.152. The number of hydrogen-bond acceptors (Lipinski definition) is 3. The van der Waals surface area contributed by atoms with E-state index < -0.39 is 11.6 Å². The van der Waals surface area contributed by atoms with Crippen molar-refractivity contribution in [3.63, 3.8) is 0 Å². The molecular formula is C8H9ClFNO2. The van der Waals surface area contributed by atoms with E-state index in [1.54, 1.807) is 0 Å². The topological polar surface area (TPSA) is 41.5 Å². The third-order valence-electron chi connectivity index (χ3n) is 1.57. The van der Waals surface area contributed by atoms with Crippen LogP contribution in [0.5, 0.6) is 5.75 Å². The molecular weight excluding hydrogens is 197 g/mol. The molecule has 3 nitrogen and oxygen atoms in total. The highest BCUT2D eigenvalue weighted by Gasteiger charge is 2.10. The number of rotatable bonds is 3. The van der Waals surface area contributed by atoms with Gasteiger partial charge in [0.1, 0.15) is 0 Å². The Morgan fingerprint density at radius 1 is 1.62 bits per heavy atom. The van der Waals surface area contributed by atoms with Crippen LogP contribution in [0.15, 0.2) is 12.1 Å². The van der Waals surface area contributed by atoms with E-state index in [2.05, 4.69) is 10.3 Å². The Bertz CT molecular complexity index is 306. The minimum absolute atomic E-state index is 0.152. The second kappa shape index (κ2) is 4.41. The van der Waals surface area contributed by atoms with Crippen molar-refractivity contribution in [1.29, 1.82) is 0 Å². The first-order valence-corrected chi connectivity index (χ1v) is 3.96. The average molecular weight is 206 g/mol. The van der Waals surface area contributed by atoms with Crippen LogP contribution in [0.2, 0.25) is 5.02 Å².